The summed E-state index contributed by atoms with van der Waals surface area (Å²) in [5.41, 5.74) is 2.20. The predicted octanol–water partition coefficient (Wildman–Crippen LogP) is 4.01. The van der Waals surface area contributed by atoms with Crippen molar-refractivity contribution in [1.82, 2.24) is 14.5 Å². The monoisotopic (exact) mass is 309 g/mol. The van der Waals surface area contributed by atoms with Gasteiger partial charge in [0.15, 0.2) is 5.65 Å². The molecule has 3 rings (SSSR count). The van der Waals surface area contributed by atoms with Crippen molar-refractivity contribution in [1.29, 1.82) is 0 Å². The van der Waals surface area contributed by atoms with E-state index in [2.05, 4.69) is 9.97 Å². The van der Waals surface area contributed by atoms with Gasteiger partial charge in [-0.25, -0.2) is 14.4 Å². The zero-order valence-electron chi connectivity index (χ0n) is 10.4. The highest BCUT2D eigenvalue weighted by molar-refractivity contribution is 6.31. The van der Waals surface area contributed by atoms with Crippen LogP contribution in [0.5, 0.6) is 0 Å². The van der Waals surface area contributed by atoms with Gasteiger partial charge in [0.25, 0.3) is 0 Å². The van der Waals surface area contributed by atoms with Gasteiger partial charge in [0.1, 0.15) is 17.2 Å². The van der Waals surface area contributed by atoms with Crippen LogP contribution in [0.2, 0.25) is 5.02 Å². The molecule has 0 radical (unpaired) electrons. The second-order valence-electron chi connectivity index (χ2n) is 4.37. The minimum absolute atomic E-state index is 0.253. The van der Waals surface area contributed by atoms with Crippen LogP contribution in [0.4, 0.5) is 4.39 Å². The Balaban J connectivity index is 2.10. The van der Waals surface area contributed by atoms with Crippen LogP contribution in [-0.4, -0.2) is 14.5 Å². The number of rotatable bonds is 3. The fourth-order valence-corrected chi connectivity index (χ4v) is 2.48. The summed E-state index contributed by atoms with van der Waals surface area (Å²) in [6.45, 7) is 0.463. The summed E-state index contributed by atoms with van der Waals surface area (Å²) in [4.78, 5) is 8.68. The van der Waals surface area contributed by atoms with Crippen LogP contribution in [0, 0.1) is 5.82 Å². The van der Waals surface area contributed by atoms with E-state index < -0.39 is 0 Å². The van der Waals surface area contributed by atoms with Crippen LogP contribution in [0.1, 0.15) is 11.4 Å². The lowest BCUT2D eigenvalue weighted by molar-refractivity contribution is 0.623. The first-order chi connectivity index (χ1) is 9.67. The Labute approximate surface area is 125 Å². The third-order valence-corrected chi connectivity index (χ3v) is 3.43. The second-order valence-corrected chi connectivity index (χ2v) is 5.08. The summed E-state index contributed by atoms with van der Waals surface area (Å²) < 4.78 is 15.1. The van der Waals surface area contributed by atoms with E-state index in [1.54, 1.807) is 18.3 Å². The third kappa shape index (κ3) is 2.49. The Bertz CT molecular complexity index is 770. The SMILES string of the molecule is Fc1cccc(Cn2c(CCl)nc3cc(Cl)cnc32)c1. The lowest BCUT2D eigenvalue weighted by Gasteiger charge is -2.07. The van der Waals surface area contributed by atoms with Crippen LogP contribution in [-0.2, 0) is 12.4 Å². The third-order valence-electron chi connectivity index (χ3n) is 2.98. The van der Waals surface area contributed by atoms with Gasteiger partial charge >= 0.3 is 0 Å². The smallest absolute Gasteiger partial charge is 0.160 e. The van der Waals surface area contributed by atoms with Crippen molar-refractivity contribution in [2.75, 3.05) is 0 Å². The van der Waals surface area contributed by atoms with Gasteiger partial charge in [-0.05, 0) is 23.8 Å². The lowest BCUT2D eigenvalue weighted by Crippen LogP contribution is -2.04. The average Bonchev–Trinajstić information content (AvgIpc) is 2.76. The molecule has 0 amide bonds. The Hall–Kier alpha value is -1.65. The summed E-state index contributed by atoms with van der Waals surface area (Å²) >= 11 is 11.8. The zero-order chi connectivity index (χ0) is 14.1. The molecule has 0 saturated heterocycles. The van der Waals surface area contributed by atoms with Crippen molar-refractivity contribution in [2.24, 2.45) is 0 Å². The molecule has 0 N–H and O–H groups in total. The molecule has 3 nitrogen and oxygen atoms in total. The molecule has 0 unspecified atom stereocenters. The Morgan fingerprint density at radius 3 is 2.85 bits per heavy atom. The maximum absolute atomic E-state index is 13.3. The molecule has 0 saturated carbocycles. The highest BCUT2D eigenvalue weighted by Gasteiger charge is 2.12. The first kappa shape index (κ1) is 13.3. The normalized spacial score (nSPS) is 11.2. The van der Waals surface area contributed by atoms with Crippen molar-refractivity contribution in [3.63, 3.8) is 0 Å². The summed E-state index contributed by atoms with van der Waals surface area (Å²) in [6, 6.07) is 8.16. The van der Waals surface area contributed by atoms with E-state index in [0.29, 0.717) is 28.6 Å². The predicted molar refractivity (Wildman–Crippen MR) is 77.6 cm³/mol. The van der Waals surface area contributed by atoms with Crippen LogP contribution in [0.3, 0.4) is 0 Å². The molecular formula is C14H10Cl2FN3. The van der Waals surface area contributed by atoms with Crippen molar-refractivity contribution < 1.29 is 4.39 Å². The van der Waals surface area contributed by atoms with Crippen molar-refractivity contribution in [3.05, 3.63) is 58.8 Å². The number of alkyl halides is 1. The summed E-state index contributed by atoms with van der Waals surface area (Å²) in [5, 5.41) is 0.522. The molecule has 102 valence electrons. The molecule has 3 aromatic rings. The lowest BCUT2D eigenvalue weighted by atomic mass is 10.2. The largest absolute Gasteiger partial charge is 0.307 e. The van der Waals surface area contributed by atoms with Crippen LogP contribution >= 0.6 is 23.2 Å². The maximum Gasteiger partial charge on any atom is 0.160 e. The van der Waals surface area contributed by atoms with Gasteiger partial charge in [0.2, 0.25) is 0 Å². The van der Waals surface area contributed by atoms with Gasteiger partial charge in [-0.3, -0.25) is 0 Å². The molecule has 6 heteroatoms. The second kappa shape index (κ2) is 5.38. The Morgan fingerprint density at radius 2 is 2.10 bits per heavy atom. The molecule has 2 aromatic heterocycles. The maximum atomic E-state index is 13.3. The number of nitrogens with zero attached hydrogens (tertiary/aromatic N) is 3. The number of pyridine rings is 1. The number of benzene rings is 1. The summed E-state index contributed by atoms with van der Waals surface area (Å²) in [7, 11) is 0. The van der Waals surface area contributed by atoms with Gasteiger partial charge in [0.05, 0.1) is 17.4 Å². The number of imidazole rings is 1. The van der Waals surface area contributed by atoms with E-state index in [9.17, 15) is 4.39 Å². The molecule has 1 aromatic carbocycles. The molecule has 0 fully saturated rings. The zero-order valence-corrected chi connectivity index (χ0v) is 11.9. The average molecular weight is 310 g/mol. The highest BCUT2D eigenvalue weighted by Crippen LogP contribution is 2.20. The molecule has 20 heavy (non-hydrogen) atoms. The fraction of sp³-hybridized carbons (Fsp3) is 0.143. The molecule has 2 heterocycles. The van der Waals surface area contributed by atoms with E-state index >= 15 is 0 Å². The van der Waals surface area contributed by atoms with Gasteiger partial charge in [-0.15, -0.1) is 11.6 Å². The van der Waals surface area contributed by atoms with E-state index in [4.69, 9.17) is 23.2 Å². The molecule has 0 aliphatic rings. The van der Waals surface area contributed by atoms with Crippen molar-refractivity contribution >= 4 is 34.4 Å². The van der Waals surface area contributed by atoms with Crippen LogP contribution in [0.15, 0.2) is 36.5 Å². The molecule has 0 aliphatic carbocycles. The standard InChI is InChI=1S/C14H10Cl2FN3/c15-6-13-19-12-5-10(16)7-18-14(12)20(13)8-9-2-1-3-11(17)4-9/h1-5,7H,6,8H2. The van der Waals surface area contributed by atoms with Crippen LogP contribution < -0.4 is 0 Å². The number of hydrogen-bond acceptors (Lipinski definition) is 2. The van der Waals surface area contributed by atoms with E-state index in [-0.39, 0.29) is 11.7 Å². The molecule has 0 spiro atoms. The first-order valence-corrected chi connectivity index (χ1v) is 6.89. The Morgan fingerprint density at radius 1 is 1.25 bits per heavy atom. The van der Waals surface area contributed by atoms with E-state index in [1.165, 1.54) is 12.1 Å². The van der Waals surface area contributed by atoms with Gasteiger partial charge in [0, 0.05) is 6.20 Å². The minimum Gasteiger partial charge on any atom is -0.307 e. The number of hydrogen-bond donors (Lipinski definition) is 0. The summed E-state index contributed by atoms with van der Waals surface area (Å²) in [6.07, 6.45) is 1.56. The Kier molecular flexibility index (Phi) is 3.59. The number of aromatic nitrogens is 3. The molecule has 0 bridgehead atoms. The van der Waals surface area contributed by atoms with Crippen molar-refractivity contribution in [2.45, 2.75) is 12.4 Å². The van der Waals surface area contributed by atoms with Crippen molar-refractivity contribution in [3.8, 4) is 0 Å². The van der Waals surface area contributed by atoms with E-state index in [0.717, 1.165) is 5.56 Å². The highest BCUT2D eigenvalue weighted by atomic mass is 35.5. The number of halogens is 3. The minimum atomic E-state index is -0.268. The molecule has 0 atom stereocenters. The first-order valence-electron chi connectivity index (χ1n) is 5.98. The fourth-order valence-electron chi connectivity index (χ4n) is 2.12. The molecule has 0 aliphatic heterocycles. The quantitative estimate of drug-likeness (QED) is 0.684. The topological polar surface area (TPSA) is 30.7 Å². The van der Waals surface area contributed by atoms with Crippen LogP contribution in [0.25, 0.3) is 11.2 Å². The van der Waals surface area contributed by atoms with Gasteiger partial charge in [-0.2, -0.15) is 0 Å². The molecular weight excluding hydrogens is 300 g/mol. The number of fused-ring (bicyclic) bond motifs is 1. The van der Waals surface area contributed by atoms with Gasteiger partial charge in [-0.1, -0.05) is 23.7 Å². The van der Waals surface area contributed by atoms with E-state index in [1.807, 2.05) is 10.6 Å². The van der Waals surface area contributed by atoms with Gasteiger partial charge < -0.3 is 4.57 Å². The summed E-state index contributed by atoms with van der Waals surface area (Å²) in [5.74, 6) is 0.666.